The van der Waals surface area contributed by atoms with Crippen LogP contribution in [-0.4, -0.2) is 61.7 Å². The zero-order valence-corrected chi connectivity index (χ0v) is 25.1. The van der Waals surface area contributed by atoms with Gasteiger partial charge in [0, 0.05) is 42.0 Å². The molecule has 4 aromatic rings. The van der Waals surface area contributed by atoms with E-state index in [1.165, 1.54) is 0 Å². The molecular formula is C33H35ClN4O5. The van der Waals surface area contributed by atoms with Gasteiger partial charge in [0.1, 0.15) is 11.3 Å². The summed E-state index contributed by atoms with van der Waals surface area (Å²) in [6, 6.07) is 17.7. The first-order valence-electron chi connectivity index (χ1n) is 14.3. The number of hydrogen-bond acceptors (Lipinski definition) is 6. The summed E-state index contributed by atoms with van der Waals surface area (Å²) in [7, 11) is 1.61. The fourth-order valence-electron chi connectivity index (χ4n) is 5.17. The molecule has 3 aromatic carbocycles. The first kappa shape index (κ1) is 30.3. The van der Waals surface area contributed by atoms with Crippen LogP contribution in [0.25, 0.3) is 10.9 Å². The number of halogens is 1. The van der Waals surface area contributed by atoms with Crippen molar-refractivity contribution in [3.63, 3.8) is 0 Å². The van der Waals surface area contributed by atoms with E-state index in [-0.39, 0.29) is 11.5 Å². The first-order chi connectivity index (χ1) is 20.8. The molecule has 0 bridgehead atoms. The van der Waals surface area contributed by atoms with Gasteiger partial charge in [0.05, 0.1) is 25.8 Å². The number of carbonyl (C=O) groups excluding carboxylic acids is 2. The molecule has 0 aliphatic carbocycles. The largest absolute Gasteiger partial charge is 0.496 e. The lowest BCUT2D eigenvalue weighted by Gasteiger charge is -2.26. The van der Waals surface area contributed by atoms with E-state index in [2.05, 4.69) is 20.5 Å². The van der Waals surface area contributed by atoms with Crippen LogP contribution in [0, 0.1) is 6.92 Å². The number of nitrogens with one attached hydrogen (secondary N) is 3. The van der Waals surface area contributed by atoms with E-state index in [1.807, 2.05) is 25.1 Å². The van der Waals surface area contributed by atoms with Gasteiger partial charge < -0.3 is 25.1 Å². The number of fused-ring (bicyclic) bond motifs is 1. The molecule has 1 aliphatic rings. The lowest BCUT2D eigenvalue weighted by atomic mass is 10.0. The van der Waals surface area contributed by atoms with E-state index in [0.717, 1.165) is 67.8 Å². The summed E-state index contributed by atoms with van der Waals surface area (Å²) < 4.78 is 11.0. The Bertz CT molecular complexity index is 1700. The second-order valence-corrected chi connectivity index (χ2v) is 11.1. The summed E-state index contributed by atoms with van der Waals surface area (Å²) in [4.78, 5) is 44.3. The Morgan fingerprint density at radius 1 is 1.05 bits per heavy atom. The minimum atomic E-state index is -0.563. The number of aryl methyl sites for hydroxylation is 2. The molecule has 0 radical (unpaired) electrons. The van der Waals surface area contributed by atoms with Crippen molar-refractivity contribution in [1.29, 1.82) is 0 Å². The predicted octanol–water partition coefficient (Wildman–Crippen LogP) is 4.95. The quantitative estimate of drug-likeness (QED) is 0.237. The number of methoxy groups -OCH3 is 1. The van der Waals surface area contributed by atoms with Crippen LogP contribution in [0.5, 0.6) is 5.75 Å². The fraction of sp³-hybridized carbons (Fsp3) is 0.303. The van der Waals surface area contributed by atoms with E-state index in [1.54, 1.807) is 49.6 Å². The third kappa shape index (κ3) is 7.62. The number of aromatic amines is 1. The number of amides is 2. The number of ether oxygens (including phenoxy) is 2. The van der Waals surface area contributed by atoms with Crippen LogP contribution in [0.15, 0.2) is 65.5 Å². The fourth-order valence-corrected chi connectivity index (χ4v) is 5.39. The Morgan fingerprint density at radius 2 is 1.86 bits per heavy atom. The number of morpholine rings is 1. The summed E-state index contributed by atoms with van der Waals surface area (Å²) in [6.45, 7) is 6.48. The number of benzene rings is 3. The molecular weight excluding hydrogens is 568 g/mol. The third-order valence-corrected chi connectivity index (χ3v) is 7.84. The Morgan fingerprint density at radius 3 is 2.63 bits per heavy atom. The van der Waals surface area contributed by atoms with Crippen molar-refractivity contribution >= 4 is 40.0 Å². The minimum absolute atomic E-state index is 0.0212. The van der Waals surface area contributed by atoms with Crippen LogP contribution in [-0.2, 0) is 17.7 Å². The van der Waals surface area contributed by atoms with Crippen molar-refractivity contribution in [3.8, 4) is 5.75 Å². The highest BCUT2D eigenvalue weighted by Crippen LogP contribution is 2.26. The lowest BCUT2D eigenvalue weighted by molar-refractivity contribution is 0.0374. The van der Waals surface area contributed by atoms with Crippen molar-refractivity contribution in [3.05, 3.63) is 104 Å². The lowest BCUT2D eigenvalue weighted by Crippen LogP contribution is -2.36. The van der Waals surface area contributed by atoms with Gasteiger partial charge in [-0.15, -0.1) is 0 Å². The van der Waals surface area contributed by atoms with Gasteiger partial charge in [-0.05, 0) is 84.8 Å². The van der Waals surface area contributed by atoms with Gasteiger partial charge >= 0.3 is 0 Å². The molecule has 1 aromatic heterocycles. The molecule has 0 spiro atoms. The van der Waals surface area contributed by atoms with Crippen LogP contribution in [0.2, 0.25) is 5.02 Å². The molecule has 5 rings (SSSR count). The Hall–Kier alpha value is -4.18. The average Bonchev–Trinajstić information content (AvgIpc) is 3.01. The van der Waals surface area contributed by atoms with Crippen LogP contribution >= 0.6 is 11.6 Å². The van der Waals surface area contributed by atoms with Gasteiger partial charge in [-0.1, -0.05) is 29.8 Å². The SMILES string of the molecule is COc1cc2[nH]c(=O)c(C(=O)Nc3cc(C(=O)NCc4cccc(Cl)c4)ccc3C)cc2cc1CCCN1CCOCC1. The number of pyridine rings is 1. The van der Waals surface area contributed by atoms with Crippen LogP contribution < -0.4 is 20.9 Å². The monoisotopic (exact) mass is 602 g/mol. The maximum atomic E-state index is 13.3. The van der Waals surface area contributed by atoms with Crippen molar-refractivity contribution < 1.29 is 19.1 Å². The molecule has 43 heavy (non-hydrogen) atoms. The zero-order chi connectivity index (χ0) is 30.3. The molecule has 1 aliphatic heterocycles. The molecule has 3 N–H and O–H groups in total. The van der Waals surface area contributed by atoms with Crippen molar-refractivity contribution in [1.82, 2.24) is 15.2 Å². The van der Waals surface area contributed by atoms with Gasteiger partial charge in [0.2, 0.25) is 0 Å². The second kappa shape index (κ2) is 13.9. The highest BCUT2D eigenvalue weighted by atomic mass is 35.5. The summed E-state index contributed by atoms with van der Waals surface area (Å²) in [5.74, 6) is -0.162. The summed E-state index contributed by atoms with van der Waals surface area (Å²) in [5, 5.41) is 7.01. The molecule has 10 heteroatoms. The Kier molecular flexibility index (Phi) is 9.76. The number of carbonyl (C=O) groups is 2. The number of aromatic nitrogens is 1. The molecule has 0 saturated carbocycles. The third-order valence-electron chi connectivity index (χ3n) is 7.60. The molecule has 1 fully saturated rings. The predicted molar refractivity (Wildman–Crippen MR) is 168 cm³/mol. The van der Waals surface area contributed by atoms with Gasteiger partial charge in [0.15, 0.2) is 0 Å². The second-order valence-electron chi connectivity index (χ2n) is 10.6. The summed E-state index contributed by atoms with van der Waals surface area (Å²) >= 11 is 6.04. The number of anilines is 1. The van der Waals surface area contributed by atoms with E-state index < -0.39 is 11.5 Å². The normalized spacial score (nSPS) is 13.6. The molecule has 2 amide bonds. The molecule has 224 valence electrons. The molecule has 0 unspecified atom stereocenters. The zero-order valence-electron chi connectivity index (χ0n) is 24.3. The van der Waals surface area contributed by atoms with Gasteiger partial charge in [-0.2, -0.15) is 0 Å². The minimum Gasteiger partial charge on any atom is -0.496 e. The topological polar surface area (TPSA) is 113 Å². The van der Waals surface area contributed by atoms with E-state index in [9.17, 15) is 14.4 Å². The standard InChI is InChI=1S/C33H35ClN4O5/c1-21-8-9-24(31(39)35-20-22-5-3-7-26(34)15-22)18-28(21)36-32(40)27-17-25-16-23(6-4-10-38-11-13-43-14-12-38)30(42-2)19-29(25)37-33(27)41/h3,5,7-9,15-19H,4,6,10-14,20H2,1-2H3,(H,35,39)(H,36,40)(H,37,41). The van der Waals surface area contributed by atoms with Gasteiger partial charge in [0.25, 0.3) is 17.4 Å². The molecule has 0 atom stereocenters. The number of rotatable bonds is 10. The van der Waals surface area contributed by atoms with Gasteiger partial charge in [-0.25, -0.2) is 0 Å². The molecule has 9 nitrogen and oxygen atoms in total. The maximum absolute atomic E-state index is 13.3. The summed E-state index contributed by atoms with van der Waals surface area (Å²) in [6.07, 6.45) is 1.74. The average molecular weight is 603 g/mol. The smallest absolute Gasteiger partial charge is 0.261 e. The highest BCUT2D eigenvalue weighted by Gasteiger charge is 2.17. The maximum Gasteiger partial charge on any atom is 0.261 e. The van der Waals surface area contributed by atoms with E-state index in [0.29, 0.717) is 34.1 Å². The van der Waals surface area contributed by atoms with Crippen molar-refractivity contribution in [2.75, 3.05) is 45.3 Å². The highest BCUT2D eigenvalue weighted by molar-refractivity contribution is 6.30. The van der Waals surface area contributed by atoms with Crippen molar-refractivity contribution in [2.45, 2.75) is 26.3 Å². The van der Waals surface area contributed by atoms with Crippen LogP contribution in [0.4, 0.5) is 5.69 Å². The molecule has 1 saturated heterocycles. The van der Waals surface area contributed by atoms with E-state index in [4.69, 9.17) is 21.1 Å². The Labute approximate surface area is 255 Å². The van der Waals surface area contributed by atoms with Crippen molar-refractivity contribution in [2.24, 2.45) is 0 Å². The first-order valence-corrected chi connectivity index (χ1v) is 14.7. The molecule has 2 heterocycles. The Balaban J connectivity index is 1.31. The van der Waals surface area contributed by atoms with E-state index >= 15 is 0 Å². The van der Waals surface area contributed by atoms with Gasteiger partial charge in [-0.3, -0.25) is 19.3 Å². The van der Waals surface area contributed by atoms with Crippen LogP contribution in [0.3, 0.4) is 0 Å². The summed E-state index contributed by atoms with van der Waals surface area (Å²) in [5.41, 5.74) is 3.51. The number of nitrogens with zero attached hydrogens (tertiary/aromatic N) is 1. The number of H-pyrrole nitrogens is 1. The van der Waals surface area contributed by atoms with Crippen LogP contribution in [0.1, 0.15) is 43.8 Å². The number of hydrogen-bond donors (Lipinski definition) is 3.